The Balaban J connectivity index is 2.30. The molecule has 0 saturated carbocycles. The minimum atomic E-state index is -0.868. The highest BCUT2D eigenvalue weighted by Crippen LogP contribution is 2.44. The normalized spacial score (nSPS) is 15.1. The monoisotopic (exact) mass is 432 g/mol. The Hall–Kier alpha value is -3.21. The average molecular weight is 434 g/mol. The van der Waals surface area contributed by atoms with E-state index in [0.717, 1.165) is 0 Å². The van der Waals surface area contributed by atoms with E-state index in [0.29, 0.717) is 20.6 Å². The molecule has 0 amide bonds. The van der Waals surface area contributed by atoms with Gasteiger partial charge in [-0.25, -0.2) is 9.98 Å². The molecule has 0 spiro atoms. The van der Waals surface area contributed by atoms with E-state index in [2.05, 4.69) is 36.5 Å². The van der Waals surface area contributed by atoms with Gasteiger partial charge in [0.1, 0.15) is 35.1 Å². The summed E-state index contributed by atoms with van der Waals surface area (Å²) in [7, 11) is 0. The van der Waals surface area contributed by atoms with Gasteiger partial charge in [-0.15, -0.1) is 0 Å². The summed E-state index contributed by atoms with van der Waals surface area (Å²) in [4.78, 5) is 8.48. The van der Waals surface area contributed by atoms with Crippen LogP contribution < -0.4 is 22.1 Å². The molecular formula is C15H10BrClN8O. The molecule has 7 N–H and O–H groups in total. The fourth-order valence-corrected chi connectivity index (χ4v) is 3.08. The van der Waals surface area contributed by atoms with Gasteiger partial charge in [0.05, 0.1) is 10.7 Å². The number of nitrogens with two attached hydrogens (primary N) is 2. The van der Waals surface area contributed by atoms with Crippen LogP contribution in [0.1, 0.15) is 22.7 Å². The first-order valence-electron chi connectivity index (χ1n) is 7.04. The second-order valence-electron chi connectivity index (χ2n) is 5.23. The number of rotatable bonds is 1. The number of pyridine rings is 1. The van der Waals surface area contributed by atoms with Gasteiger partial charge in [-0.05, 0) is 28.1 Å². The van der Waals surface area contributed by atoms with Crippen LogP contribution in [0.4, 0.5) is 17.3 Å². The number of nitrogen functional groups attached to an aromatic ring is 2. The van der Waals surface area contributed by atoms with Crippen molar-refractivity contribution in [3.63, 3.8) is 0 Å². The predicted octanol–water partition coefficient (Wildman–Crippen LogP) is 2.18. The average Bonchev–Trinajstić information content (AvgIpc) is 2.58. The summed E-state index contributed by atoms with van der Waals surface area (Å²) in [5.74, 6) is 0.134. The van der Waals surface area contributed by atoms with E-state index in [-0.39, 0.29) is 34.6 Å². The summed E-state index contributed by atoms with van der Waals surface area (Å²) in [5.41, 5.74) is 12.6. The first kappa shape index (κ1) is 17.6. The van der Waals surface area contributed by atoms with Gasteiger partial charge < -0.3 is 21.9 Å². The molecule has 0 radical (unpaired) electrons. The molecule has 130 valence electrons. The van der Waals surface area contributed by atoms with Gasteiger partial charge in [-0.2, -0.15) is 10.5 Å². The van der Waals surface area contributed by atoms with Crippen molar-refractivity contribution in [3.05, 3.63) is 38.3 Å². The Morgan fingerprint density at radius 2 is 2.08 bits per heavy atom. The first-order valence-corrected chi connectivity index (χ1v) is 8.21. The van der Waals surface area contributed by atoms with Crippen molar-refractivity contribution in [3.8, 4) is 18.0 Å². The van der Waals surface area contributed by atoms with Crippen LogP contribution in [0.5, 0.6) is 5.75 Å². The number of anilines is 3. The van der Waals surface area contributed by atoms with Crippen molar-refractivity contribution in [2.24, 2.45) is 4.99 Å². The molecular weight excluding hydrogens is 424 g/mol. The highest BCUT2D eigenvalue weighted by atomic mass is 79.9. The molecule has 2 aromatic rings. The van der Waals surface area contributed by atoms with Gasteiger partial charge in [0.25, 0.3) is 0 Å². The van der Waals surface area contributed by atoms with Crippen LogP contribution >= 0.6 is 27.5 Å². The number of aromatic hydroxyl groups is 1. The molecule has 1 unspecified atom stereocenters. The number of aliphatic imine (C=N–C) groups is 1. The molecule has 9 nitrogen and oxygen atoms in total. The minimum Gasteiger partial charge on any atom is -0.508 e. The fraction of sp³-hybridized carbons (Fsp3) is 0.0667. The molecule has 1 aliphatic rings. The number of nitrogens with zero attached hydrogens (tertiary/aromatic N) is 4. The largest absolute Gasteiger partial charge is 0.508 e. The number of nitriles is 2. The molecule has 1 atom stereocenters. The molecule has 0 saturated heterocycles. The number of fused-ring (bicyclic) bond motifs is 1. The SMILES string of the molecule is N#CNC1=NC(c2cc(Cl)c(Br)cc2O)c2c(nc(N)c(C#N)c2N)N1. The Morgan fingerprint density at radius 1 is 1.35 bits per heavy atom. The van der Waals surface area contributed by atoms with Gasteiger partial charge in [-0.3, -0.25) is 5.32 Å². The predicted molar refractivity (Wildman–Crippen MR) is 100 cm³/mol. The van der Waals surface area contributed by atoms with Crippen LogP contribution in [-0.2, 0) is 0 Å². The molecule has 1 aromatic heterocycles. The van der Waals surface area contributed by atoms with Crippen LogP contribution in [0, 0.1) is 22.8 Å². The summed E-state index contributed by atoms with van der Waals surface area (Å²) in [5, 5.41) is 34.0. The molecule has 1 aromatic carbocycles. The van der Waals surface area contributed by atoms with Crippen molar-refractivity contribution in [2.75, 3.05) is 16.8 Å². The van der Waals surface area contributed by atoms with Crippen LogP contribution in [0.25, 0.3) is 0 Å². The lowest BCUT2D eigenvalue weighted by atomic mass is 9.94. The van der Waals surface area contributed by atoms with Crippen LogP contribution in [0.15, 0.2) is 21.6 Å². The number of phenolic OH excluding ortho intramolecular Hbond substituents is 1. The van der Waals surface area contributed by atoms with E-state index < -0.39 is 6.04 Å². The number of phenols is 1. The van der Waals surface area contributed by atoms with E-state index in [1.54, 1.807) is 6.19 Å². The smallest absolute Gasteiger partial charge is 0.211 e. The summed E-state index contributed by atoms with van der Waals surface area (Å²) in [6.07, 6.45) is 1.75. The summed E-state index contributed by atoms with van der Waals surface area (Å²) in [6.45, 7) is 0. The minimum absolute atomic E-state index is 0.00476. The van der Waals surface area contributed by atoms with Gasteiger partial charge in [0.2, 0.25) is 5.96 Å². The third-order valence-electron chi connectivity index (χ3n) is 3.72. The Labute approximate surface area is 161 Å². The van der Waals surface area contributed by atoms with Gasteiger partial charge in [0, 0.05) is 15.6 Å². The van der Waals surface area contributed by atoms with E-state index >= 15 is 0 Å². The van der Waals surface area contributed by atoms with E-state index in [4.69, 9.17) is 28.3 Å². The van der Waals surface area contributed by atoms with Crippen LogP contribution in [0.2, 0.25) is 5.02 Å². The second kappa shape index (κ2) is 6.59. The maximum absolute atomic E-state index is 10.4. The molecule has 0 fully saturated rings. The third kappa shape index (κ3) is 2.81. The van der Waals surface area contributed by atoms with E-state index in [9.17, 15) is 10.4 Å². The Morgan fingerprint density at radius 3 is 2.73 bits per heavy atom. The number of aromatic nitrogens is 1. The standard InChI is InChI=1S/C15H10BrClN8O/c16-7-2-9(26)5(1-8(7)17)12-10-11(20)6(3-18)13(21)24-14(10)25-15(23-12)22-4-19/h1-2,12,26H,(H6,20,21,22,23,24,25). The van der Waals surface area contributed by atoms with Crippen molar-refractivity contribution in [2.45, 2.75) is 6.04 Å². The maximum Gasteiger partial charge on any atom is 0.211 e. The quantitative estimate of drug-likeness (QED) is 0.336. The number of hydrogen-bond donors (Lipinski definition) is 5. The lowest BCUT2D eigenvalue weighted by molar-refractivity contribution is 0.465. The zero-order chi connectivity index (χ0) is 19.0. The number of nitrogens with one attached hydrogen (secondary N) is 2. The highest BCUT2D eigenvalue weighted by Gasteiger charge is 2.31. The third-order valence-corrected chi connectivity index (χ3v) is 4.92. The van der Waals surface area contributed by atoms with Gasteiger partial charge >= 0.3 is 0 Å². The van der Waals surface area contributed by atoms with Crippen LogP contribution in [0.3, 0.4) is 0 Å². The Kier molecular flexibility index (Phi) is 4.47. The van der Waals surface area contributed by atoms with E-state index in [1.807, 2.05) is 6.07 Å². The number of halogens is 2. The second-order valence-corrected chi connectivity index (χ2v) is 6.49. The van der Waals surface area contributed by atoms with Crippen LogP contribution in [-0.4, -0.2) is 16.1 Å². The fourth-order valence-electron chi connectivity index (χ4n) is 2.58. The molecule has 0 aliphatic carbocycles. The lowest BCUT2D eigenvalue weighted by Crippen LogP contribution is -2.32. The van der Waals surface area contributed by atoms with Crippen molar-refractivity contribution in [1.29, 1.82) is 10.5 Å². The highest BCUT2D eigenvalue weighted by molar-refractivity contribution is 9.10. The molecule has 0 bridgehead atoms. The molecule has 1 aliphatic heterocycles. The van der Waals surface area contributed by atoms with Crippen molar-refractivity contribution < 1.29 is 5.11 Å². The van der Waals surface area contributed by atoms with Gasteiger partial charge in [0.15, 0.2) is 6.19 Å². The topological polar surface area (TPSA) is 169 Å². The zero-order valence-electron chi connectivity index (χ0n) is 12.9. The van der Waals surface area contributed by atoms with Crippen molar-refractivity contribution in [1.82, 2.24) is 10.3 Å². The van der Waals surface area contributed by atoms with Crippen molar-refractivity contribution >= 4 is 50.8 Å². The summed E-state index contributed by atoms with van der Waals surface area (Å²) < 4.78 is 0.495. The number of hydrogen-bond acceptors (Lipinski definition) is 9. The van der Waals surface area contributed by atoms with E-state index in [1.165, 1.54) is 12.1 Å². The number of benzene rings is 1. The Bertz CT molecular complexity index is 1040. The molecule has 11 heteroatoms. The first-order chi connectivity index (χ1) is 12.4. The lowest BCUT2D eigenvalue weighted by Gasteiger charge is -2.26. The summed E-state index contributed by atoms with van der Waals surface area (Å²) in [6, 6.07) is 3.96. The molecule has 3 rings (SSSR count). The zero-order valence-corrected chi connectivity index (χ0v) is 15.2. The molecule has 26 heavy (non-hydrogen) atoms. The maximum atomic E-state index is 10.4. The summed E-state index contributed by atoms with van der Waals surface area (Å²) >= 11 is 9.37. The molecule has 2 heterocycles. The number of guanidine groups is 1. The van der Waals surface area contributed by atoms with Gasteiger partial charge in [-0.1, -0.05) is 11.6 Å².